The fraction of sp³-hybridized carbons (Fsp3) is 0.348. The van der Waals surface area contributed by atoms with E-state index < -0.39 is 11.9 Å². The quantitative estimate of drug-likeness (QED) is 0.493. The van der Waals surface area contributed by atoms with Crippen molar-refractivity contribution in [1.29, 1.82) is 0 Å². The SMILES string of the molecule is COCCc1ccc(-c2c(C)nc3c(N4CCOCC4)ccnn23)cn1.O=C(O)/C=C\C(=O)O. The van der Waals surface area contributed by atoms with Gasteiger partial charge in [0, 0.05) is 56.2 Å². The fourth-order valence-electron chi connectivity index (χ4n) is 3.49. The van der Waals surface area contributed by atoms with Crippen molar-refractivity contribution in [2.45, 2.75) is 13.3 Å². The number of carboxylic acid groups (broad SMARTS) is 2. The molecule has 2 N–H and O–H groups in total. The van der Waals surface area contributed by atoms with Gasteiger partial charge in [0.05, 0.1) is 43.1 Å². The number of carbonyl (C=O) groups is 2. The van der Waals surface area contributed by atoms with Crippen LogP contribution in [0.2, 0.25) is 0 Å². The highest BCUT2D eigenvalue weighted by molar-refractivity contribution is 5.89. The smallest absolute Gasteiger partial charge is 0.328 e. The Kier molecular flexibility index (Phi) is 8.66. The lowest BCUT2D eigenvalue weighted by Crippen LogP contribution is -2.36. The van der Waals surface area contributed by atoms with Crippen molar-refractivity contribution in [2.75, 3.05) is 44.9 Å². The molecule has 11 heteroatoms. The highest BCUT2D eigenvalue weighted by atomic mass is 16.5. The number of morpholine rings is 1. The van der Waals surface area contributed by atoms with Crippen LogP contribution < -0.4 is 4.90 Å². The number of pyridine rings is 1. The molecule has 4 rings (SSSR count). The summed E-state index contributed by atoms with van der Waals surface area (Å²) in [6, 6.07) is 6.15. The maximum atomic E-state index is 9.55. The number of hydrogen-bond donors (Lipinski definition) is 2. The second-order valence-electron chi connectivity index (χ2n) is 7.39. The number of ether oxygens (including phenoxy) is 2. The molecule has 4 heterocycles. The molecule has 0 atom stereocenters. The van der Waals surface area contributed by atoms with Crippen LogP contribution in [0.5, 0.6) is 0 Å². The van der Waals surface area contributed by atoms with Crippen molar-refractivity contribution in [1.82, 2.24) is 19.6 Å². The van der Waals surface area contributed by atoms with Crippen LogP contribution in [0.15, 0.2) is 42.7 Å². The lowest BCUT2D eigenvalue weighted by atomic mass is 10.1. The third-order valence-corrected chi connectivity index (χ3v) is 5.05. The van der Waals surface area contributed by atoms with Crippen molar-refractivity contribution in [3.63, 3.8) is 0 Å². The van der Waals surface area contributed by atoms with Crippen LogP contribution in [0, 0.1) is 6.92 Å². The molecule has 1 saturated heterocycles. The standard InChI is InChI=1S/C19H23N5O2.C4H4O4/c1-14-18(15-3-4-16(20-13-15)6-10-25-2)24-19(22-14)17(5-7-21-24)23-8-11-26-12-9-23;5-3(6)1-2-4(7)8/h3-5,7,13H,6,8-12H2,1-2H3;1-2H,(H,5,6)(H,7,8)/b;2-1-. The molecular weight excluding hydrogens is 442 g/mol. The van der Waals surface area contributed by atoms with E-state index in [4.69, 9.17) is 24.7 Å². The zero-order valence-corrected chi connectivity index (χ0v) is 19.0. The van der Waals surface area contributed by atoms with Gasteiger partial charge in [-0.1, -0.05) is 0 Å². The first-order valence-electron chi connectivity index (χ1n) is 10.7. The van der Waals surface area contributed by atoms with Crippen LogP contribution in [-0.2, 0) is 25.5 Å². The Balaban J connectivity index is 0.000000350. The number of aliphatic carboxylic acids is 2. The predicted octanol–water partition coefficient (Wildman–Crippen LogP) is 1.84. The second kappa shape index (κ2) is 11.9. The predicted molar refractivity (Wildman–Crippen MR) is 124 cm³/mol. The Morgan fingerprint density at radius 3 is 2.44 bits per heavy atom. The van der Waals surface area contributed by atoms with Gasteiger partial charge in [0.25, 0.3) is 0 Å². The second-order valence-corrected chi connectivity index (χ2v) is 7.39. The highest BCUT2D eigenvalue weighted by Crippen LogP contribution is 2.28. The molecule has 0 saturated carbocycles. The molecule has 0 unspecified atom stereocenters. The van der Waals surface area contributed by atoms with Crippen LogP contribution in [0.25, 0.3) is 16.9 Å². The molecule has 0 amide bonds. The number of nitrogens with zero attached hydrogens (tertiary/aromatic N) is 5. The number of hydrogen-bond acceptors (Lipinski definition) is 8. The number of aryl methyl sites for hydroxylation is 1. The number of fused-ring (bicyclic) bond motifs is 1. The van der Waals surface area contributed by atoms with Gasteiger partial charge in [-0.3, -0.25) is 4.98 Å². The van der Waals surface area contributed by atoms with E-state index in [9.17, 15) is 9.59 Å². The zero-order chi connectivity index (χ0) is 24.5. The van der Waals surface area contributed by atoms with Gasteiger partial charge in [0.15, 0.2) is 5.65 Å². The van der Waals surface area contributed by atoms with Crippen LogP contribution >= 0.6 is 0 Å². The molecule has 0 aromatic carbocycles. The summed E-state index contributed by atoms with van der Waals surface area (Å²) in [7, 11) is 1.70. The lowest BCUT2D eigenvalue weighted by Gasteiger charge is -2.28. The lowest BCUT2D eigenvalue weighted by molar-refractivity contribution is -0.134. The summed E-state index contributed by atoms with van der Waals surface area (Å²) in [4.78, 5) is 30.8. The van der Waals surface area contributed by atoms with Gasteiger partial charge in [-0.05, 0) is 25.1 Å². The average Bonchev–Trinajstić information content (AvgIpc) is 3.18. The van der Waals surface area contributed by atoms with Gasteiger partial charge in [0.1, 0.15) is 0 Å². The molecule has 0 spiro atoms. The van der Waals surface area contributed by atoms with Gasteiger partial charge < -0.3 is 24.6 Å². The molecule has 0 radical (unpaired) electrons. The van der Waals surface area contributed by atoms with E-state index in [1.54, 1.807) is 7.11 Å². The number of methoxy groups -OCH3 is 1. The molecule has 0 bridgehead atoms. The Morgan fingerprint density at radius 2 is 1.85 bits per heavy atom. The Morgan fingerprint density at radius 1 is 1.15 bits per heavy atom. The number of aromatic nitrogens is 4. The fourth-order valence-corrected chi connectivity index (χ4v) is 3.49. The van der Waals surface area contributed by atoms with E-state index >= 15 is 0 Å². The van der Waals surface area contributed by atoms with Crippen LogP contribution in [0.3, 0.4) is 0 Å². The van der Waals surface area contributed by atoms with E-state index in [-0.39, 0.29) is 0 Å². The summed E-state index contributed by atoms with van der Waals surface area (Å²) in [5.41, 5.74) is 5.95. The normalized spacial score (nSPS) is 13.6. The molecule has 1 aliphatic rings. The Bertz CT molecular complexity index is 1140. The summed E-state index contributed by atoms with van der Waals surface area (Å²) in [6.07, 6.45) is 5.65. The first-order valence-corrected chi connectivity index (χ1v) is 10.7. The minimum atomic E-state index is -1.26. The first kappa shape index (κ1) is 24.8. The largest absolute Gasteiger partial charge is 0.478 e. The number of carboxylic acids is 2. The average molecular weight is 469 g/mol. The van der Waals surface area contributed by atoms with E-state index in [0.29, 0.717) is 18.8 Å². The maximum absolute atomic E-state index is 9.55. The zero-order valence-electron chi connectivity index (χ0n) is 19.0. The van der Waals surface area contributed by atoms with Gasteiger partial charge >= 0.3 is 11.9 Å². The van der Waals surface area contributed by atoms with Gasteiger partial charge in [-0.25, -0.2) is 19.1 Å². The van der Waals surface area contributed by atoms with Crippen LogP contribution in [0.4, 0.5) is 5.69 Å². The highest BCUT2D eigenvalue weighted by Gasteiger charge is 2.19. The molecule has 3 aromatic rings. The van der Waals surface area contributed by atoms with E-state index in [1.165, 1.54) is 0 Å². The molecule has 11 nitrogen and oxygen atoms in total. The summed E-state index contributed by atoms with van der Waals surface area (Å²) in [5, 5.41) is 20.2. The molecule has 3 aromatic heterocycles. The summed E-state index contributed by atoms with van der Waals surface area (Å²) >= 11 is 0. The van der Waals surface area contributed by atoms with Crippen LogP contribution in [-0.4, -0.2) is 81.8 Å². The third kappa shape index (κ3) is 6.36. The number of rotatable bonds is 7. The van der Waals surface area contributed by atoms with Crippen molar-refractivity contribution >= 4 is 23.3 Å². The van der Waals surface area contributed by atoms with E-state index in [2.05, 4.69) is 21.0 Å². The molecule has 1 aliphatic heterocycles. The first-order chi connectivity index (χ1) is 16.4. The van der Waals surface area contributed by atoms with Gasteiger partial charge in [0.2, 0.25) is 0 Å². The van der Waals surface area contributed by atoms with E-state index in [0.717, 1.165) is 66.7 Å². The van der Waals surface area contributed by atoms with Gasteiger partial charge in [-0.2, -0.15) is 5.10 Å². The van der Waals surface area contributed by atoms with Crippen molar-refractivity contribution < 1.29 is 29.3 Å². The van der Waals surface area contributed by atoms with Crippen molar-refractivity contribution in [3.8, 4) is 11.3 Å². The minimum absolute atomic E-state index is 0.558. The summed E-state index contributed by atoms with van der Waals surface area (Å²) < 4.78 is 12.5. The Hall–Kier alpha value is -3.83. The number of anilines is 1. The van der Waals surface area contributed by atoms with E-state index in [1.807, 2.05) is 36.0 Å². The molecule has 180 valence electrons. The number of imidazole rings is 1. The molecule has 1 fully saturated rings. The van der Waals surface area contributed by atoms with Crippen molar-refractivity contribution in [2.24, 2.45) is 0 Å². The monoisotopic (exact) mass is 469 g/mol. The van der Waals surface area contributed by atoms with Gasteiger partial charge in [-0.15, -0.1) is 0 Å². The summed E-state index contributed by atoms with van der Waals surface area (Å²) in [6.45, 7) is 5.92. The molecular formula is C23H27N5O6. The van der Waals surface area contributed by atoms with Crippen molar-refractivity contribution in [3.05, 3.63) is 54.1 Å². The molecule has 34 heavy (non-hydrogen) atoms. The minimum Gasteiger partial charge on any atom is -0.478 e. The third-order valence-electron chi connectivity index (χ3n) is 5.05. The molecule has 0 aliphatic carbocycles. The Labute approximate surface area is 196 Å². The van der Waals surface area contributed by atoms with Crippen LogP contribution in [0.1, 0.15) is 11.4 Å². The topological polar surface area (TPSA) is 139 Å². The summed E-state index contributed by atoms with van der Waals surface area (Å²) in [5.74, 6) is -2.51. The maximum Gasteiger partial charge on any atom is 0.328 e.